The monoisotopic (exact) mass is 352 g/mol. The van der Waals surface area contributed by atoms with E-state index in [1.54, 1.807) is 12.4 Å². The number of amides is 1. The molecule has 0 unspecified atom stereocenters. The Morgan fingerprint density at radius 2 is 2.00 bits per heavy atom. The summed E-state index contributed by atoms with van der Waals surface area (Å²) in [4.78, 5) is 16.9. The lowest BCUT2D eigenvalue weighted by molar-refractivity contribution is 0.0913. The quantitative estimate of drug-likeness (QED) is 0.887. The molecule has 1 aromatic carbocycles. The lowest BCUT2D eigenvalue weighted by atomic mass is 9.86. The Bertz CT molecular complexity index is 798. The van der Waals surface area contributed by atoms with Crippen molar-refractivity contribution in [1.29, 1.82) is 0 Å². The molecule has 2 aliphatic rings. The smallest absolute Gasteiger partial charge is 0.253 e. The Hall–Kier alpha value is -2.40. The number of rotatable bonds is 4. The molecule has 0 bridgehead atoms. The normalized spacial score (nSPS) is 21.7. The summed E-state index contributed by atoms with van der Waals surface area (Å²) in [6.45, 7) is 0.983. The molecule has 1 fully saturated rings. The van der Waals surface area contributed by atoms with E-state index in [-0.39, 0.29) is 18.6 Å². The van der Waals surface area contributed by atoms with E-state index in [1.165, 1.54) is 5.56 Å². The SMILES string of the molecule is O=C(NC1CCC(CO)CC1)c1cncc(-c2ccc3c(c2)CCO3)c1. The maximum absolute atomic E-state index is 12.6. The van der Waals surface area contributed by atoms with Gasteiger partial charge in [0.2, 0.25) is 0 Å². The highest BCUT2D eigenvalue weighted by molar-refractivity contribution is 5.95. The minimum absolute atomic E-state index is 0.0729. The maximum Gasteiger partial charge on any atom is 0.253 e. The Morgan fingerprint density at radius 1 is 1.15 bits per heavy atom. The molecule has 1 amide bonds. The van der Waals surface area contributed by atoms with Crippen molar-refractivity contribution in [1.82, 2.24) is 10.3 Å². The van der Waals surface area contributed by atoms with Crippen LogP contribution in [-0.4, -0.2) is 35.3 Å². The van der Waals surface area contributed by atoms with Crippen molar-refractivity contribution >= 4 is 5.91 Å². The molecule has 1 aliphatic heterocycles. The highest BCUT2D eigenvalue weighted by Gasteiger charge is 2.22. The van der Waals surface area contributed by atoms with E-state index in [4.69, 9.17) is 4.74 Å². The number of aromatic nitrogens is 1. The van der Waals surface area contributed by atoms with E-state index in [9.17, 15) is 9.90 Å². The number of carbonyl (C=O) groups excluding carboxylic acids is 1. The van der Waals surface area contributed by atoms with E-state index < -0.39 is 0 Å². The summed E-state index contributed by atoms with van der Waals surface area (Å²) in [5.41, 5.74) is 3.79. The van der Waals surface area contributed by atoms with Crippen LogP contribution in [0.25, 0.3) is 11.1 Å². The Balaban J connectivity index is 1.46. The fourth-order valence-electron chi connectivity index (χ4n) is 3.85. The molecule has 1 aromatic heterocycles. The molecule has 2 N–H and O–H groups in total. The van der Waals surface area contributed by atoms with E-state index in [2.05, 4.69) is 16.4 Å². The van der Waals surface area contributed by atoms with Crippen LogP contribution in [-0.2, 0) is 6.42 Å². The van der Waals surface area contributed by atoms with E-state index >= 15 is 0 Å². The third-order valence-corrected chi connectivity index (χ3v) is 5.46. The van der Waals surface area contributed by atoms with Gasteiger partial charge in [-0.05, 0) is 60.9 Å². The highest BCUT2D eigenvalue weighted by atomic mass is 16.5. The summed E-state index contributed by atoms with van der Waals surface area (Å²) >= 11 is 0. The molecule has 136 valence electrons. The van der Waals surface area contributed by atoms with Crippen molar-refractivity contribution in [3.8, 4) is 16.9 Å². The summed E-state index contributed by atoms with van der Waals surface area (Å²) in [5.74, 6) is 1.27. The number of pyridine rings is 1. The predicted molar refractivity (Wildman–Crippen MR) is 99.2 cm³/mol. The van der Waals surface area contributed by atoms with Crippen molar-refractivity contribution in [2.24, 2.45) is 5.92 Å². The van der Waals surface area contributed by atoms with Gasteiger partial charge in [-0.1, -0.05) is 6.07 Å². The zero-order valence-electron chi connectivity index (χ0n) is 14.8. The first kappa shape index (κ1) is 17.0. The zero-order valence-corrected chi connectivity index (χ0v) is 14.8. The van der Waals surface area contributed by atoms with Crippen LogP contribution in [0.5, 0.6) is 5.75 Å². The Kier molecular flexibility index (Phi) is 4.89. The molecule has 4 rings (SSSR count). The molecule has 5 heteroatoms. The van der Waals surface area contributed by atoms with Crippen LogP contribution in [0.15, 0.2) is 36.7 Å². The molecule has 2 aromatic rings. The predicted octanol–water partition coefficient (Wildman–Crippen LogP) is 2.96. The second-order valence-corrected chi connectivity index (χ2v) is 7.26. The van der Waals surface area contributed by atoms with Crippen LogP contribution >= 0.6 is 0 Å². The number of ether oxygens (including phenoxy) is 1. The van der Waals surface area contributed by atoms with Gasteiger partial charge in [-0.3, -0.25) is 9.78 Å². The first-order valence-corrected chi connectivity index (χ1v) is 9.36. The molecule has 1 saturated carbocycles. The average Bonchev–Trinajstić information content (AvgIpc) is 3.16. The maximum atomic E-state index is 12.6. The number of nitrogens with zero attached hydrogens (tertiary/aromatic N) is 1. The molecule has 0 saturated heterocycles. The van der Waals surface area contributed by atoms with Gasteiger partial charge in [-0.2, -0.15) is 0 Å². The minimum Gasteiger partial charge on any atom is -0.493 e. The van der Waals surface area contributed by atoms with Gasteiger partial charge in [0.25, 0.3) is 5.91 Å². The number of benzene rings is 1. The number of aliphatic hydroxyl groups excluding tert-OH is 1. The highest BCUT2D eigenvalue weighted by Crippen LogP contribution is 2.30. The van der Waals surface area contributed by atoms with Crippen molar-refractivity contribution in [2.75, 3.05) is 13.2 Å². The van der Waals surface area contributed by atoms with E-state index in [0.29, 0.717) is 11.5 Å². The molecule has 0 spiro atoms. The number of hydrogen-bond acceptors (Lipinski definition) is 4. The summed E-state index contributed by atoms with van der Waals surface area (Å²) in [7, 11) is 0. The fraction of sp³-hybridized carbons (Fsp3) is 0.429. The standard InChI is InChI=1S/C21H24N2O3/c24-13-14-1-4-19(5-2-14)23-21(25)18-10-17(11-22-12-18)15-3-6-20-16(9-15)7-8-26-20/h3,6,9-12,14,19,24H,1-2,4-5,7-8,13H2,(H,23,25). The van der Waals surface area contributed by atoms with Gasteiger partial charge in [-0.25, -0.2) is 0 Å². The van der Waals surface area contributed by atoms with Crippen LogP contribution in [0.3, 0.4) is 0 Å². The first-order chi connectivity index (χ1) is 12.7. The van der Waals surface area contributed by atoms with Gasteiger partial charge >= 0.3 is 0 Å². The topological polar surface area (TPSA) is 71.5 Å². The fourth-order valence-corrected chi connectivity index (χ4v) is 3.85. The molecule has 0 atom stereocenters. The summed E-state index contributed by atoms with van der Waals surface area (Å²) in [5, 5.41) is 12.4. The van der Waals surface area contributed by atoms with Crippen LogP contribution < -0.4 is 10.1 Å². The summed E-state index contributed by atoms with van der Waals surface area (Å²) < 4.78 is 5.56. The van der Waals surface area contributed by atoms with Gasteiger partial charge in [-0.15, -0.1) is 0 Å². The van der Waals surface area contributed by atoms with Gasteiger partial charge < -0.3 is 15.2 Å². The molecule has 0 radical (unpaired) electrons. The number of carbonyl (C=O) groups is 1. The number of aliphatic hydroxyl groups is 1. The molecular weight excluding hydrogens is 328 g/mol. The lowest BCUT2D eigenvalue weighted by Gasteiger charge is -2.27. The summed E-state index contributed by atoms with van der Waals surface area (Å²) in [6.07, 6.45) is 8.13. The van der Waals surface area contributed by atoms with Crippen LogP contribution in [0.1, 0.15) is 41.6 Å². The van der Waals surface area contributed by atoms with Crippen molar-refractivity contribution in [3.05, 3.63) is 47.8 Å². The van der Waals surface area contributed by atoms with Crippen LogP contribution in [0.2, 0.25) is 0 Å². The third-order valence-electron chi connectivity index (χ3n) is 5.46. The van der Waals surface area contributed by atoms with Gasteiger partial charge in [0.15, 0.2) is 0 Å². The minimum atomic E-state index is -0.0729. The van der Waals surface area contributed by atoms with Gasteiger partial charge in [0, 0.05) is 37.0 Å². The summed E-state index contributed by atoms with van der Waals surface area (Å²) in [6, 6.07) is 8.21. The molecule has 2 heterocycles. The second-order valence-electron chi connectivity index (χ2n) is 7.26. The number of nitrogens with one attached hydrogen (secondary N) is 1. The number of hydrogen-bond donors (Lipinski definition) is 2. The van der Waals surface area contributed by atoms with E-state index in [1.807, 2.05) is 18.2 Å². The van der Waals surface area contributed by atoms with Crippen molar-refractivity contribution < 1.29 is 14.6 Å². The second kappa shape index (κ2) is 7.46. The molecule has 5 nitrogen and oxygen atoms in total. The zero-order chi connectivity index (χ0) is 17.9. The first-order valence-electron chi connectivity index (χ1n) is 9.36. The Labute approximate surface area is 153 Å². The molecule has 26 heavy (non-hydrogen) atoms. The van der Waals surface area contributed by atoms with Crippen molar-refractivity contribution in [2.45, 2.75) is 38.1 Å². The Morgan fingerprint density at radius 3 is 2.81 bits per heavy atom. The lowest BCUT2D eigenvalue weighted by Crippen LogP contribution is -2.38. The van der Waals surface area contributed by atoms with Gasteiger partial charge in [0.1, 0.15) is 5.75 Å². The van der Waals surface area contributed by atoms with Crippen LogP contribution in [0.4, 0.5) is 0 Å². The number of fused-ring (bicyclic) bond motifs is 1. The van der Waals surface area contributed by atoms with Gasteiger partial charge in [0.05, 0.1) is 12.2 Å². The van der Waals surface area contributed by atoms with E-state index in [0.717, 1.165) is 55.6 Å². The molecular formula is C21H24N2O3. The van der Waals surface area contributed by atoms with Crippen molar-refractivity contribution in [3.63, 3.8) is 0 Å². The average molecular weight is 352 g/mol. The molecule has 1 aliphatic carbocycles. The largest absolute Gasteiger partial charge is 0.493 e. The van der Waals surface area contributed by atoms with Crippen LogP contribution in [0, 0.1) is 5.92 Å². The third kappa shape index (κ3) is 3.58.